The highest BCUT2D eigenvalue weighted by atomic mass is 16.5. The predicted octanol–water partition coefficient (Wildman–Crippen LogP) is 3.87. The van der Waals surface area contributed by atoms with E-state index in [-0.39, 0.29) is 0 Å². The van der Waals surface area contributed by atoms with Crippen molar-refractivity contribution < 1.29 is 18.7 Å². The Labute approximate surface area is 153 Å². The molecular weight excluding hydrogens is 332 g/mol. The quantitative estimate of drug-likeness (QED) is 0.749. The molecule has 0 bridgehead atoms. The van der Waals surface area contributed by atoms with Gasteiger partial charge in [-0.15, -0.1) is 0 Å². The van der Waals surface area contributed by atoms with E-state index in [1.165, 1.54) is 0 Å². The van der Waals surface area contributed by atoms with Crippen molar-refractivity contribution in [1.82, 2.24) is 10.5 Å². The highest BCUT2D eigenvalue weighted by molar-refractivity contribution is 5.81. The van der Waals surface area contributed by atoms with Gasteiger partial charge in [0.2, 0.25) is 5.75 Å². The third-order valence-electron chi connectivity index (χ3n) is 3.58. The monoisotopic (exact) mass is 356 g/mol. The van der Waals surface area contributed by atoms with Crippen LogP contribution in [0.5, 0.6) is 17.2 Å². The van der Waals surface area contributed by atoms with Gasteiger partial charge in [-0.25, -0.2) is 0 Å². The summed E-state index contributed by atoms with van der Waals surface area (Å²) in [6.45, 7) is 0. The van der Waals surface area contributed by atoms with Gasteiger partial charge in [-0.2, -0.15) is 0 Å². The van der Waals surface area contributed by atoms with Gasteiger partial charge in [0.25, 0.3) is 0 Å². The molecule has 0 aliphatic carbocycles. The summed E-state index contributed by atoms with van der Waals surface area (Å²) in [5.74, 6) is 2.42. The number of aromatic nitrogens is 1. The Morgan fingerprint density at radius 1 is 0.846 bits per heavy atom. The fourth-order valence-corrected chi connectivity index (χ4v) is 2.48. The molecule has 138 valence electrons. The summed E-state index contributed by atoms with van der Waals surface area (Å²) in [4.78, 5) is 0. The SMILES string of the molecule is CNC.COc1cc(-c2cnoc2-c2ccccc2)cc(OC)c1OC. The highest BCUT2D eigenvalue weighted by Gasteiger charge is 2.18. The molecule has 0 aliphatic heterocycles. The van der Waals surface area contributed by atoms with Crippen LogP contribution in [0, 0.1) is 0 Å². The fraction of sp³-hybridized carbons (Fsp3) is 0.250. The van der Waals surface area contributed by atoms with Gasteiger partial charge < -0.3 is 24.1 Å². The molecule has 0 spiro atoms. The number of ether oxygens (including phenoxy) is 3. The lowest BCUT2D eigenvalue weighted by Crippen LogP contribution is -1.95. The highest BCUT2D eigenvalue weighted by Crippen LogP contribution is 2.43. The summed E-state index contributed by atoms with van der Waals surface area (Å²) in [6, 6.07) is 13.6. The minimum Gasteiger partial charge on any atom is -0.493 e. The van der Waals surface area contributed by atoms with E-state index in [2.05, 4.69) is 10.5 Å². The molecule has 0 fully saturated rings. The average Bonchev–Trinajstić information content (AvgIpc) is 3.18. The van der Waals surface area contributed by atoms with Gasteiger partial charge >= 0.3 is 0 Å². The summed E-state index contributed by atoms with van der Waals surface area (Å²) < 4.78 is 21.6. The van der Waals surface area contributed by atoms with Crippen molar-refractivity contribution in [3.63, 3.8) is 0 Å². The molecule has 6 heteroatoms. The van der Waals surface area contributed by atoms with E-state index in [0.717, 1.165) is 16.7 Å². The van der Waals surface area contributed by atoms with Gasteiger partial charge in [0, 0.05) is 11.1 Å². The van der Waals surface area contributed by atoms with E-state index in [0.29, 0.717) is 23.0 Å². The molecule has 0 saturated heterocycles. The zero-order valence-electron chi connectivity index (χ0n) is 15.7. The number of rotatable bonds is 5. The maximum absolute atomic E-state index is 5.45. The van der Waals surface area contributed by atoms with Crippen LogP contribution >= 0.6 is 0 Å². The van der Waals surface area contributed by atoms with Crippen LogP contribution in [0.1, 0.15) is 0 Å². The Morgan fingerprint density at radius 3 is 1.92 bits per heavy atom. The van der Waals surface area contributed by atoms with Gasteiger partial charge in [0.05, 0.1) is 27.5 Å². The predicted molar refractivity (Wildman–Crippen MR) is 102 cm³/mol. The Hall–Kier alpha value is -2.99. The number of hydrogen-bond acceptors (Lipinski definition) is 6. The standard InChI is InChI=1S/C18H17NO4.C2H7N/c1-20-15-9-13(10-16(21-2)18(15)22-3)14-11-19-23-17(14)12-7-5-4-6-8-12;1-3-2/h4-11H,1-3H3;3H,1-2H3. The number of benzene rings is 2. The van der Waals surface area contributed by atoms with Crippen molar-refractivity contribution >= 4 is 0 Å². The lowest BCUT2D eigenvalue weighted by atomic mass is 10.0. The van der Waals surface area contributed by atoms with Gasteiger partial charge in [-0.1, -0.05) is 35.5 Å². The first-order valence-corrected chi connectivity index (χ1v) is 8.09. The van der Waals surface area contributed by atoms with Crippen molar-refractivity contribution in [3.05, 3.63) is 48.7 Å². The van der Waals surface area contributed by atoms with Crippen LogP contribution in [0.2, 0.25) is 0 Å². The molecule has 3 aromatic rings. The molecule has 0 saturated carbocycles. The molecule has 1 heterocycles. The van der Waals surface area contributed by atoms with E-state index in [1.54, 1.807) is 27.5 Å². The molecule has 0 aliphatic rings. The van der Waals surface area contributed by atoms with Gasteiger partial charge in [0.15, 0.2) is 17.3 Å². The molecule has 3 rings (SSSR count). The number of methoxy groups -OCH3 is 3. The lowest BCUT2D eigenvalue weighted by molar-refractivity contribution is 0.324. The second kappa shape index (κ2) is 9.48. The Morgan fingerprint density at radius 2 is 1.42 bits per heavy atom. The van der Waals surface area contributed by atoms with Crippen molar-refractivity contribution in [3.8, 4) is 39.7 Å². The van der Waals surface area contributed by atoms with E-state index < -0.39 is 0 Å². The summed E-state index contributed by atoms with van der Waals surface area (Å²) in [5.41, 5.74) is 2.68. The third kappa shape index (κ3) is 4.15. The van der Waals surface area contributed by atoms with Crippen LogP contribution in [0.3, 0.4) is 0 Å². The van der Waals surface area contributed by atoms with E-state index in [1.807, 2.05) is 56.6 Å². The summed E-state index contributed by atoms with van der Waals surface area (Å²) in [6.07, 6.45) is 1.68. The van der Waals surface area contributed by atoms with Crippen LogP contribution in [0.4, 0.5) is 0 Å². The van der Waals surface area contributed by atoms with Gasteiger partial charge in [0.1, 0.15) is 0 Å². The Kier molecular flexibility index (Phi) is 7.05. The van der Waals surface area contributed by atoms with Crippen molar-refractivity contribution in [2.75, 3.05) is 35.4 Å². The van der Waals surface area contributed by atoms with Crippen LogP contribution < -0.4 is 19.5 Å². The molecule has 0 amide bonds. The second-order valence-corrected chi connectivity index (χ2v) is 5.35. The molecule has 0 radical (unpaired) electrons. The second-order valence-electron chi connectivity index (χ2n) is 5.35. The third-order valence-corrected chi connectivity index (χ3v) is 3.58. The molecule has 1 aromatic heterocycles. The van der Waals surface area contributed by atoms with Gasteiger partial charge in [-0.3, -0.25) is 0 Å². The molecule has 26 heavy (non-hydrogen) atoms. The van der Waals surface area contributed by atoms with Crippen LogP contribution in [0.25, 0.3) is 22.5 Å². The zero-order valence-corrected chi connectivity index (χ0v) is 15.7. The van der Waals surface area contributed by atoms with Crippen LogP contribution in [-0.4, -0.2) is 40.6 Å². The molecule has 0 atom stereocenters. The smallest absolute Gasteiger partial charge is 0.203 e. The molecular formula is C20H24N2O4. The van der Waals surface area contributed by atoms with Crippen molar-refractivity contribution in [2.45, 2.75) is 0 Å². The average molecular weight is 356 g/mol. The molecule has 1 N–H and O–H groups in total. The zero-order chi connectivity index (χ0) is 18.9. The first-order valence-electron chi connectivity index (χ1n) is 8.09. The molecule has 0 unspecified atom stereocenters. The first kappa shape index (κ1) is 19.3. The first-order chi connectivity index (χ1) is 12.7. The van der Waals surface area contributed by atoms with Crippen molar-refractivity contribution in [1.29, 1.82) is 0 Å². The minimum absolute atomic E-state index is 0.552. The molecule has 2 aromatic carbocycles. The van der Waals surface area contributed by atoms with E-state index >= 15 is 0 Å². The molecule has 6 nitrogen and oxygen atoms in total. The van der Waals surface area contributed by atoms with Gasteiger partial charge in [-0.05, 0) is 31.8 Å². The summed E-state index contributed by atoms with van der Waals surface area (Å²) in [5, 5.41) is 6.69. The number of nitrogens with zero attached hydrogens (tertiary/aromatic N) is 1. The number of nitrogens with one attached hydrogen (secondary N) is 1. The number of hydrogen-bond donors (Lipinski definition) is 1. The lowest BCUT2D eigenvalue weighted by Gasteiger charge is -2.14. The Bertz CT molecular complexity index is 791. The fourth-order valence-electron chi connectivity index (χ4n) is 2.48. The van der Waals surface area contributed by atoms with Crippen molar-refractivity contribution in [2.24, 2.45) is 0 Å². The van der Waals surface area contributed by atoms with E-state index in [9.17, 15) is 0 Å². The normalized spacial score (nSPS) is 9.88. The summed E-state index contributed by atoms with van der Waals surface area (Å²) >= 11 is 0. The topological polar surface area (TPSA) is 65.8 Å². The Balaban J connectivity index is 0.000000758. The van der Waals surface area contributed by atoms with Crippen LogP contribution in [-0.2, 0) is 0 Å². The summed E-state index contributed by atoms with van der Waals surface area (Å²) in [7, 11) is 8.51. The minimum atomic E-state index is 0.552. The maximum Gasteiger partial charge on any atom is 0.203 e. The maximum atomic E-state index is 5.45. The largest absolute Gasteiger partial charge is 0.493 e. The van der Waals surface area contributed by atoms with E-state index in [4.69, 9.17) is 18.7 Å². The van der Waals surface area contributed by atoms with Crippen LogP contribution in [0.15, 0.2) is 53.2 Å².